The van der Waals surface area contributed by atoms with Crippen LogP contribution in [0.1, 0.15) is 24.5 Å². The molecule has 0 spiro atoms. The molecule has 0 aliphatic carbocycles. The summed E-state index contributed by atoms with van der Waals surface area (Å²) in [6.07, 6.45) is 3.15. The number of aliphatic hydroxyl groups excluding tert-OH is 1. The van der Waals surface area contributed by atoms with Crippen molar-refractivity contribution in [3.05, 3.63) is 35.5 Å². The summed E-state index contributed by atoms with van der Waals surface area (Å²) in [6.45, 7) is 3.90. The van der Waals surface area contributed by atoms with Crippen LogP contribution in [0, 0.1) is 6.92 Å². The first kappa shape index (κ1) is 14.6. The molecule has 0 radical (unpaired) electrons. The van der Waals surface area contributed by atoms with Crippen molar-refractivity contribution in [1.82, 2.24) is 9.88 Å². The summed E-state index contributed by atoms with van der Waals surface area (Å²) in [6, 6.07) is 6.15. The maximum absolute atomic E-state index is 12.0. The molecule has 0 fully saturated rings. The number of likely N-dealkylation sites (N-methyl/N-ethyl adjacent to an activating group) is 1. The molecule has 4 heteroatoms. The molecule has 1 unspecified atom stereocenters. The van der Waals surface area contributed by atoms with E-state index in [1.807, 2.05) is 13.1 Å². The number of hydrogen-bond donors (Lipinski definition) is 2. The third-order valence-electron chi connectivity index (χ3n) is 3.85. The van der Waals surface area contributed by atoms with E-state index in [0.717, 1.165) is 5.52 Å². The van der Waals surface area contributed by atoms with Gasteiger partial charge in [-0.3, -0.25) is 4.79 Å². The molecule has 2 rings (SSSR count). The largest absolute Gasteiger partial charge is 0.394 e. The van der Waals surface area contributed by atoms with Crippen molar-refractivity contribution in [2.45, 2.75) is 32.7 Å². The number of aryl methyl sites for hydroxylation is 2. The van der Waals surface area contributed by atoms with Crippen LogP contribution in [-0.2, 0) is 11.2 Å². The Morgan fingerprint density at radius 3 is 2.90 bits per heavy atom. The molecule has 0 aliphatic rings. The lowest BCUT2D eigenvalue weighted by atomic mass is 10.1. The van der Waals surface area contributed by atoms with Gasteiger partial charge in [-0.15, -0.1) is 0 Å². The van der Waals surface area contributed by atoms with E-state index < -0.39 is 0 Å². The van der Waals surface area contributed by atoms with Crippen LogP contribution in [0.4, 0.5) is 0 Å². The highest BCUT2D eigenvalue weighted by molar-refractivity contribution is 5.84. The van der Waals surface area contributed by atoms with E-state index in [4.69, 9.17) is 5.11 Å². The Morgan fingerprint density at radius 1 is 1.45 bits per heavy atom. The highest BCUT2D eigenvalue weighted by Gasteiger charge is 2.15. The molecule has 4 nitrogen and oxygen atoms in total. The minimum absolute atomic E-state index is 0.00544. The lowest BCUT2D eigenvalue weighted by Gasteiger charge is -2.23. The molecule has 0 saturated heterocycles. The summed E-state index contributed by atoms with van der Waals surface area (Å²) >= 11 is 0. The molecule has 1 aromatic carbocycles. The second-order valence-electron chi connectivity index (χ2n) is 5.40. The Morgan fingerprint density at radius 2 is 2.20 bits per heavy atom. The molecule has 1 amide bonds. The average Bonchev–Trinajstić information content (AvgIpc) is 2.85. The van der Waals surface area contributed by atoms with Crippen molar-refractivity contribution in [2.75, 3.05) is 13.7 Å². The number of carbonyl (C=O) groups is 1. The van der Waals surface area contributed by atoms with Crippen molar-refractivity contribution in [3.63, 3.8) is 0 Å². The van der Waals surface area contributed by atoms with Gasteiger partial charge in [-0.25, -0.2) is 0 Å². The van der Waals surface area contributed by atoms with Crippen LogP contribution >= 0.6 is 0 Å². The highest BCUT2D eigenvalue weighted by Crippen LogP contribution is 2.21. The van der Waals surface area contributed by atoms with E-state index in [1.165, 1.54) is 16.5 Å². The Balaban J connectivity index is 2.06. The first-order valence-corrected chi connectivity index (χ1v) is 6.96. The fourth-order valence-corrected chi connectivity index (χ4v) is 2.29. The third kappa shape index (κ3) is 3.02. The van der Waals surface area contributed by atoms with Crippen LogP contribution in [0.25, 0.3) is 10.9 Å². The summed E-state index contributed by atoms with van der Waals surface area (Å²) in [4.78, 5) is 16.9. The van der Waals surface area contributed by atoms with Gasteiger partial charge in [-0.05, 0) is 38.0 Å². The number of nitrogens with zero attached hydrogens (tertiary/aromatic N) is 1. The lowest BCUT2D eigenvalue weighted by Crippen LogP contribution is -2.37. The Labute approximate surface area is 119 Å². The van der Waals surface area contributed by atoms with Crippen molar-refractivity contribution >= 4 is 16.8 Å². The summed E-state index contributed by atoms with van der Waals surface area (Å²) in [5.74, 6) is 0.0635. The van der Waals surface area contributed by atoms with Gasteiger partial charge in [0.25, 0.3) is 0 Å². The second kappa shape index (κ2) is 6.09. The molecule has 1 atom stereocenters. The Hall–Kier alpha value is -1.81. The number of aliphatic hydroxyl groups is 1. The molecule has 0 bridgehead atoms. The monoisotopic (exact) mass is 274 g/mol. The van der Waals surface area contributed by atoms with Gasteiger partial charge in [0.2, 0.25) is 5.91 Å². The summed E-state index contributed by atoms with van der Waals surface area (Å²) in [7, 11) is 1.74. The van der Waals surface area contributed by atoms with Gasteiger partial charge in [0, 0.05) is 30.6 Å². The van der Waals surface area contributed by atoms with Crippen LogP contribution in [-0.4, -0.2) is 40.6 Å². The van der Waals surface area contributed by atoms with Crippen LogP contribution in [0.2, 0.25) is 0 Å². The molecular weight excluding hydrogens is 252 g/mol. The smallest absolute Gasteiger partial charge is 0.222 e. The third-order valence-corrected chi connectivity index (χ3v) is 3.85. The molecule has 108 valence electrons. The number of aromatic amines is 1. The quantitative estimate of drug-likeness (QED) is 0.878. The number of hydrogen-bond acceptors (Lipinski definition) is 2. The number of aromatic nitrogens is 1. The van der Waals surface area contributed by atoms with Crippen LogP contribution in [0.5, 0.6) is 0 Å². The number of nitrogens with one attached hydrogen (secondary N) is 1. The van der Waals surface area contributed by atoms with Crippen molar-refractivity contribution in [2.24, 2.45) is 0 Å². The van der Waals surface area contributed by atoms with Gasteiger partial charge in [0.15, 0.2) is 0 Å². The number of rotatable bonds is 5. The van der Waals surface area contributed by atoms with E-state index >= 15 is 0 Å². The van der Waals surface area contributed by atoms with Crippen molar-refractivity contribution < 1.29 is 9.90 Å². The number of H-pyrrole nitrogens is 1. The zero-order chi connectivity index (χ0) is 14.7. The number of amides is 1. The van der Waals surface area contributed by atoms with Gasteiger partial charge < -0.3 is 15.0 Å². The molecule has 2 N–H and O–H groups in total. The molecule has 0 aliphatic heterocycles. The fraction of sp³-hybridized carbons (Fsp3) is 0.438. The molecule has 2 aromatic rings. The summed E-state index contributed by atoms with van der Waals surface area (Å²) in [5, 5.41) is 10.3. The van der Waals surface area contributed by atoms with Crippen LogP contribution in [0.15, 0.2) is 24.4 Å². The van der Waals surface area contributed by atoms with E-state index in [2.05, 4.69) is 30.1 Å². The molecule has 20 heavy (non-hydrogen) atoms. The summed E-state index contributed by atoms with van der Waals surface area (Å²) in [5.41, 5.74) is 3.49. The van der Waals surface area contributed by atoms with Gasteiger partial charge in [-0.1, -0.05) is 11.6 Å². The van der Waals surface area contributed by atoms with Crippen LogP contribution in [0.3, 0.4) is 0 Å². The van der Waals surface area contributed by atoms with Crippen molar-refractivity contribution in [3.8, 4) is 0 Å². The predicted molar refractivity (Wildman–Crippen MR) is 80.7 cm³/mol. The lowest BCUT2D eigenvalue weighted by molar-refractivity contribution is -0.132. The van der Waals surface area contributed by atoms with E-state index in [0.29, 0.717) is 12.8 Å². The minimum Gasteiger partial charge on any atom is -0.394 e. The zero-order valence-corrected chi connectivity index (χ0v) is 12.3. The predicted octanol–water partition coefficient (Wildman–Crippen LogP) is 2.25. The van der Waals surface area contributed by atoms with Crippen molar-refractivity contribution in [1.29, 1.82) is 0 Å². The SMILES string of the molecule is Cc1ccc2[nH]cc(CCC(=O)N(C)C(C)CO)c2c1. The first-order valence-electron chi connectivity index (χ1n) is 6.96. The molecular formula is C16H22N2O2. The Kier molecular flexibility index (Phi) is 4.45. The standard InChI is InChI=1S/C16H22N2O2/c1-11-4-6-15-14(8-11)13(9-17-15)5-7-16(20)18(3)12(2)10-19/h4,6,8-9,12,17,19H,5,7,10H2,1-3H3. The van der Waals surface area contributed by atoms with Gasteiger partial charge in [0.05, 0.1) is 12.6 Å². The van der Waals surface area contributed by atoms with E-state index in [9.17, 15) is 4.79 Å². The Bertz CT molecular complexity index is 604. The summed E-state index contributed by atoms with van der Waals surface area (Å²) < 4.78 is 0. The number of fused-ring (bicyclic) bond motifs is 1. The molecule has 0 saturated carbocycles. The number of benzene rings is 1. The van der Waals surface area contributed by atoms with Gasteiger partial charge in [0.1, 0.15) is 0 Å². The molecule has 1 heterocycles. The van der Waals surface area contributed by atoms with Crippen LogP contribution < -0.4 is 0 Å². The zero-order valence-electron chi connectivity index (χ0n) is 12.3. The van der Waals surface area contributed by atoms with Gasteiger partial charge in [-0.2, -0.15) is 0 Å². The minimum atomic E-state index is -0.132. The maximum Gasteiger partial charge on any atom is 0.222 e. The fourth-order valence-electron chi connectivity index (χ4n) is 2.29. The first-order chi connectivity index (χ1) is 9.52. The average molecular weight is 274 g/mol. The van der Waals surface area contributed by atoms with E-state index in [1.54, 1.807) is 11.9 Å². The normalized spacial score (nSPS) is 12.6. The van der Waals surface area contributed by atoms with Gasteiger partial charge >= 0.3 is 0 Å². The second-order valence-corrected chi connectivity index (χ2v) is 5.40. The molecule has 1 aromatic heterocycles. The highest BCUT2D eigenvalue weighted by atomic mass is 16.3. The van der Waals surface area contributed by atoms with E-state index in [-0.39, 0.29) is 18.6 Å². The topological polar surface area (TPSA) is 56.3 Å². The number of carbonyl (C=O) groups excluding carboxylic acids is 1. The maximum atomic E-state index is 12.0.